The predicted molar refractivity (Wildman–Crippen MR) is 80.5 cm³/mol. The van der Waals surface area contributed by atoms with Crippen molar-refractivity contribution < 1.29 is 15.3 Å². The first kappa shape index (κ1) is 17.0. The van der Waals surface area contributed by atoms with E-state index >= 15 is 0 Å². The van der Waals surface area contributed by atoms with Crippen molar-refractivity contribution in [1.82, 2.24) is 5.32 Å². The second-order valence-corrected chi connectivity index (χ2v) is 5.21. The Morgan fingerprint density at radius 2 is 1.90 bits per heavy atom. The first-order valence-corrected chi connectivity index (χ1v) is 7.50. The lowest BCUT2D eigenvalue weighted by atomic mass is 10.0. The lowest BCUT2D eigenvalue weighted by molar-refractivity contribution is 0.0664. The molecule has 1 atom stereocenters. The first-order valence-electron chi connectivity index (χ1n) is 7.50. The van der Waals surface area contributed by atoms with Crippen molar-refractivity contribution in [2.45, 2.75) is 58.2 Å². The van der Waals surface area contributed by atoms with Gasteiger partial charge in [0.15, 0.2) is 0 Å². The van der Waals surface area contributed by atoms with E-state index in [1.54, 1.807) is 6.07 Å². The molecule has 0 aliphatic heterocycles. The Balaban J connectivity index is 2.44. The molecular weight excluding hydrogens is 254 g/mol. The summed E-state index contributed by atoms with van der Waals surface area (Å²) in [5, 5.41) is 30.5. The van der Waals surface area contributed by atoms with Gasteiger partial charge in [-0.3, -0.25) is 5.32 Å². The number of aryl methyl sites for hydroxylation is 1. The topological polar surface area (TPSA) is 72.7 Å². The second-order valence-electron chi connectivity index (χ2n) is 5.21. The standard InChI is InChI=1S/C16H27NO3/c1-2-3-4-5-6-7-13-8-9-15(19)14(10-13)11-17-16(20)12-18/h8-10,16-20H,2-7,11-12H2,1H3. The third-order valence-corrected chi connectivity index (χ3v) is 3.41. The molecule has 0 radical (unpaired) electrons. The van der Waals surface area contributed by atoms with Gasteiger partial charge in [-0.15, -0.1) is 0 Å². The number of phenolic OH excluding ortho intramolecular Hbond substituents is 1. The normalized spacial score (nSPS) is 12.6. The number of hydrogen-bond donors (Lipinski definition) is 4. The van der Waals surface area contributed by atoms with Gasteiger partial charge in [-0.05, 0) is 24.5 Å². The molecule has 0 aromatic heterocycles. The Bertz CT molecular complexity index is 382. The number of unbranched alkanes of at least 4 members (excludes halogenated alkanes) is 4. The highest BCUT2D eigenvalue weighted by Crippen LogP contribution is 2.20. The molecule has 20 heavy (non-hydrogen) atoms. The Morgan fingerprint density at radius 1 is 1.15 bits per heavy atom. The molecule has 0 bridgehead atoms. The van der Waals surface area contributed by atoms with Crippen LogP contribution in [0.5, 0.6) is 5.75 Å². The summed E-state index contributed by atoms with van der Waals surface area (Å²) in [6.45, 7) is 2.22. The largest absolute Gasteiger partial charge is 0.508 e. The van der Waals surface area contributed by atoms with Crippen molar-refractivity contribution in [3.8, 4) is 5.75 Å². The number of aliphatic hydroxyl groups excluding tert-OH is 2. The molecule has 4 N–H and O–H groups in total. The molecule has 0 aliphatic carbocycles. The molecule has 0 saturated heterocycles. The van der Waals surface area contributed by atoms with E-state index in [2.05, 4.69) is 12.2 Å². The van der Waals surface area contributed by atoms with Crippen LogP contribution >= 0.6 is 0 Å². The van der Waals surface area contributed by atoms with Crippen LogP contribution in [0.1, 0.15) is 50.2 Å². The number of rotatable bonds is 10. The fourth-order valence-corrected chi connectivity index (χ4v) is 2.16. The van der Waals surface area contributed by atoms with Crippen molar-refractivity contribution in [2.75, 3.05) is 6.61 Å². The van der Waals surface area contributed by atoms with Crippen LogP contribution in [0.25, 0.3) is 0 Å². The number of aliphatic hydroxyl groups is 2. The zero-order valence-electron chi connectivity index (χ0n) is 12.3. The average molecular weight is 281 g/mol. The van der Waals surface area contributed by atoms with E-state index in [9.17, 15) is 10.2 Å². The first-order chi connectivity index (χ1) is 9.67. The van der Waals surface area contributed by atoms with Crippen molar-refractivity contribution >= 4 is 0 Å². The molecule has 0 saturated carbocycles. The van der Waals surface area contributed by atoms with Crippen LogP contribution < -0.4 is 5.32 Å². The maximum absolute atomic E-state index is 9.78. The van der Waals surface area contributed by atoms with Crippen LogP contribution in [0.15, 0.2) is 18.2 Å². The van der Waals surface area contributed by atoms with Crippen LogP contribution in [0.2, 0.25) is 0 Å². The van der Waals surface area contributed by atoms with Gasteiger partial charge in [0, 0.05) is 12.1 Å². The number of hydrogen-bond acceptors (Lipinski definition) is 4. The lowest BCUT2D eigenvalue weighted by Crippen LogP contribution is -2.31. The summed E-state index contributed by atoms with van der Waals surface area (Å²) in [4.78, 5) is 0. The van der Waals surface area contributed by atoms with Crippen LogP contribution in [0.4, 0.5) is 0 Å². The van der Waals surface area contributed by atoms with Gasteiger partial charge in [-0.25, -0.2) is 0 Å². The molecule has 4 nitrogen and oxygen atoms in total. The number of phenols is 1. The number of benzene rings is 1. The Labute approximate surface area is 121 Å². The molecule has 1 aromatic carbocycles. The van der Waals surface area contributed by atoms with Gasteiger partial charge in [0.25, 0.3) is 0 Å². The molecule has 0 spiro atoms. The molecule has 1 unspecified atom stereocenters. The van der Waals surface area contributed by atoms with Crippen molar-refractivity contribution in [3.05, 3.63) is 29.3 Å². The van der Waals surface area contributed by atoms with Crippen molar-refractivity contribution in [1.29, 1.82) is 0 Å². The molecule has 114 valence electrons. The van der Waals surface area contributed by atoms with Crippen molar-refractivity contribution in [3.63, 3.8) is 0 Å². The molecular formula is C16H27NO3. The minimum absolute atomic E-state index is 0.220. The molecule has 0 aliphatic rings. The van der Waals surface area contributed by atoms with E-state index in [-0.39, 0.29) is 12.4 Å². The minimum Gasteiger partial charge on any atom is -0.508 e. The summed E-state index contributed by atoms with van der Waals surface area (Å²) >= 11 is 0. The third kappa shape index (κ3) is 6.37. The van der Waals surface area contributed by atoms with E-state index in [4.69, 9.17) is 5.11 Å². The average Bonchev–Trinajstić information content (AvgIpc) is 2.46. The Morgan fingerprint density at radius 3 is 2.60 bits per heavy atom. The summed E-state index contributed by atoms with van der Waals surface area (Å²) in [6, 6.07) is 5.61. The van der Waals surface area contributed by atoms with Gasteiger partial charge >= 0.3 is 0 Å². The summed E-state index contributed by atoms with van der Waals surface area (Å²) in [7, 11) is 0. The summed E-state index contributed by atoms with van der Waals surface area (Å²) < 4.78 is 0. The number of nitrogens with one attached hydrogen (secondary N) is 1. The quantitative estimate of drug-likeness (QED) is 0.392. The molecule has 1 rings (SSSR count). The third-order valence-electron chi connectivity index (χ3n) is 3.41. The molecule has 4 heteroatoms. The van der Waals surface area contributed by atoms with Crippen molar-refractivity contribution in [2.24, 2.45) is 0 Å². The van der Waals surface area contributed by atoms with Gasteiger partial charge in [0.1, 0.15) is 12.0 Å². The smallest absolute Gasteiger partial charge is 0.128 e. The highest BCUT2D eigenvalue weighted by atomic mass is 16.3. The van der Waals surface area contributed by atoms with E-state index in [0.717, 1.165) is 18.4 Å². The van der Waals surface area contributed by atoms with Gasteiger partial charge in [0.2, 0.25) is 0 Å². The zero-order chi connectivity index (χ0) is 14.8. The molecule has 0 amide bonds. The van der Waals surface area contributed by atoms with Gasteiger partial charge in [0.05, 0.1) is 6.61 Å². The maximum atomic E-state index is 9.78. The predicted octanol–water partition coefficient (Wildman–Crippen LogP) is 2.31. The summed E-state index contributed by atoms with van der Waals surface area (Å²) in [5.41, 5.74) is 1.96. The fourth-order valence-electron chi connectivity index (χ4n) is 2.16. The van der Waals surface area contributed by atoms with Gasteiger partial charge in [-0.1, -0.05) is 44.7 Å². The fraction of sp³-hybridized carbons (Fsp3) is 0.625. The second kappa shape index (κ2) is 9.75. The van der Waals surface area contributed by atoms with Crippen LogP contribution in [-0.2, 0) is 13.0 Å². The summed E-state index contributed by atoms with van der Waals surface area (Å²) in [5.74, 6) is 0.220. The summed E-state index contributed by atoms with van der Waals surface area (Å²) in [6.07, 6.45) is 6.30. The van der Waals surface area contributed by atoms with E-state index < -0.39 is 6.23 Å². The molecule has 0 heterocycles. The van der Waals surface area contributed by atoms with Gasteiger partial charge in [-0.2, -0.15) is 0 Å². The Hall–Kier alpha value is -1.10. The van der Waals surface area contributed by atoms with Gasteiger partial charge < -0.3 is 15.3 Å². The Kier molecular flexibility index (Phi) is 8.26. The van der Waals surface area contributed by atoms with E-state index in [1.165, 1.54) is 31.2 Å². The molecule has 0 fully saturated rings. The van der Waals surface area contributed by atoms with Crippen LogP contribution in [0, 0.1) is 0 Å². The highest BCUT2D eigenvalue weighted by molar-refractivity contribution is 5.36. The highest BCUT2D eigenvalue weighted by Gasteiger charge is 2.06. The SMILES string of the molecule is CCCCCCCc1ccc(O)c(CNC(O)CO)c1. The van der Waals surface area contributed by atoms with E-state index in [0.29, 0.717) is 6.54 Å². The lowest BCUT2D eigenvalue weighted by Gasteiger charge is -2.12. The van der Waals surface area contributed by atoms with Crippen LogP contribution in [0.3, 0.4) is 0 Å². The number of aromatic hydroxyl groups is 1. The van der Waals surface area contributed by atoms with Crippen LogP contribution in [-0.4, -0.2) is 28.2 Å². The zero-order valence-corrected chi connectivity index (χ0v) is 12.3. The molecule has 1 aromatic rings. The monoisotopic (exact) mass is 281 g/mol. The van der Waals surface area contributed by atoms with E-state index in [1.807, 2.05) is 12.1 Å². The minimum atomic E-state index is -0.952. The maximum Gasteiger partial charge on any atom is 0.128 e.